The van der Waals surface area contributed by atoms with Gasteiger partial charge in [0.15, 0.2) is 11.8 Å². The van der Waals surface area contributed by atoms with E-state index < -0.39 is 0 Å². The number of hydrogen-bond donors (Lipinski definition) is 2. The lowest BCUT2D eigenvalue weighted by Crippen LogP contribution is -2.43. The van der Waals surface area contributed by atoms with Gasteiger partial charge in [0.05, 0.1) is 0 Å². The van der Waals surface area contributed by atoms with Gasteiger partial charge in [-0.25, -0.2) is 4.99 Å². The standard InChI is InChI=1S/C20H34N6S.HI/c1-5-6-7-8-10-16(2)23-20(21-13-12-18-11-9-14-27-18)22-15-19-25-24-17(3)26(19)4;/h9,11,14,16H,5-8,10,12-13,15H2,1-4H3,(H2,21,22,23);1H. The number of thiophene rings is 1. The van der Waals surface area contributed by atoms with Crippen molar-refractivity contribution in [2.45, 2.75) is 71.9 Å². The van der Waals surface area contributed by atoms with Crippen molar-refractivity contribution in [1.82, 2.24) is 25.4 Å². The monoisotopic (exact) mass is 518 g/mol. The average Bonchev–Trinajstić information content (AvgIpc) is 3.28. The normalized spacial score (nSPS) is 12.5. The highest BCUT2D eigenvalue weighted by Crippen LogP contribution is 2.08. The van der Waals surface area contributed by atoms with Crippen molar-refractivity contribution in [3.8, 4) is 0 Å². The van der Waals surface area contributed by atoms with Gasteiger partial charge < -0.3 is 15.2 Å². The van der Waals surface area contributed by atoms with Crippen molar-refractivity contribution in [3.63, 3.8) is 0 Å². The molecule has 0 bridgehead atoms. The van der Waals surface area contributed by atoms with Gasteiger partial charge in [0.2, 0.25) is 0 Å². The van der Waals surface area contributed by atoms with Crippen LogP contribution in [0.4, 0.5) is 0 Å². The minimum Gasteiger partial charge on any atom is -0.356 e. The molecular weight excluding hydrogens is 483 g/mol. The molecule has 2 rings (SSSR count). The highest BCUT2D eigenvalue weighted by Gasteiger charge is 2.08. The van der Waals surface area contributed by atoms with Crippen LogP contribution in [-0.2, 0) is 20.0 Å². The second kappa shape index (κ2) is 13.9. The van der Waals surface area contributed by atoms with E-state index in [4.69, 9.17) is 4.99 Å². The van der Waals surface area contributed by atoms with Crippen molar-refractivity contribution in [2.75, 3.05) is 6.54 Å². The molecule has 0 saturated heterocycles. The summed E-state index contributed by atoms with van der Waals surface area (Å²) in [5.74, 6) is 2.64. The predicted octanol–water partition coefficient (Wildman–Crippen LogP) is 4.44. The molecule has 0 radical (unpaired) electrons. The second-order valence-corrected chi connectivity index (χ2v) is 8.07. The van der Waals surface area contributed by atoms with Gasteiger partial charge in [-0.1, -0.05) is 38.7 Å². The zero-order valence-corrected chi connectivity index (χ0v) is 20.7. The number of nitrogens with zero attached hydrogens (tertiary/aromatic N) is 4. The van der Waals surface area contributed by atoms with Crippen LogP contribution in [-0.4, -0.2) is 33.3 Å². The van der Waals surface area contributed by atoms with Gasteiger partial charge in [-0.3, -0.25) is 0 Å². The van der Waals surface area contributed by atoms with Gasteiger partial charge in [0.1, 0.15) is 12.4 Å². The molecule has 28 heavy (non-hydrogen) atoms. The van der Waals surface area contributed by atoms with E-state index in [-0.39, 0.29) is 24.0 Å². The second-order valence-electron chi connectivity index (χ2n) is 7.04. The molecule has 0 fully saturated rings. The maximum Gasteiger partial charge on any atom is 0.191 e. The summed E-state index contributed by atoms with van der Waals surface area (Å²) in [5, 5.41) is 17.5. The largest absolute Gasteiger partial charge is 0.356 e. The summed E-state index contributed by atoms with van der Waals surface area (Å²) in [6.07, 6.45) is 7.32. The number of hydrogen-bond acceptors (Lipinski definition) is 4. The van der Waals surface area contributed by atoms with Crippen LogP contribution >= 0.6 is 35.3 Å². The predicted molar refractivity (Wildman–Crippen MR) is 130 cm³/mol. The molecule has 2 aromatic rings. The summed E-state index contributed by atoms with van der Waals surface area (Å²) in [7, 11) is 1.98. The van der Waals surface area contributed by atoms with E-state index in [9.17, 15) is 0 Å². The highest BCUT2D eigenvalue weighted by molar-refractivity contribution is 14.0. The number of aromatic nitrogens is 3. The lowest BCUT2D eigenvalue weighted by atomic mass is 10.1. The first-order valence-corrected chi connectivity index (χ1v) is 10.9. The van der Waals surface area contributed by atoms with Crippen molar-refractivity contribution < 1.29 is 0 Å². The molecule has 1 unspecified atom stereocenters. The Morgan fingerprint density at radius 3 is 2.75 bits per heavy atom. The molecule has 0 aromatic carbocycles. The van der Waals surface area contributed by atoms with Crippen LogP contribution in [0.2, 0.25) is 0 Å². The first-order valence-electron chi connectivity index (χ1n) is 10.0. The quantitative estimate of drug-likeness (QED) is 0.200. The highest BCUT2D eigenvalue weighted by atomic mass is 127. The van der Waals surface area contributed by atoms with Gasteiger partial charge in [-0.15, -0.1) is 45.5 Å². The Kier molecular flexibility index (Phi) is 12.4. The summed E-state index contributed by atoms with van der Waals surface area (Å²) < 4.78 is 1.99. The van der Waals surface area contributed by atoms with Gasteiger partial charge >= 0.3 is 0 Å². The van der Waals surface area contributed by atoms with Gasteiger partial charge in [0.25, 0.3) is 0 Å². The fourth-order valence-electron chi connectivity index (χ4n) is 2.83. The molecule has 0 aliphatic carbocycles. The Morgan fingerprint density at radius 1 is 1.29 bits per heavy atom. The molecule has 158 valence electrons. The minimum absolute atomic E-state index is 0. The van der Waals surface area contributed by atoms with Crippen molar-refractivity contribution in [2.24, 2.45) is 12.0 Å². The van der Waals surface area contributed by atoms with E-state index >= 15 is 0 Å². The van der Waals surface area contributed by atoms with Crippen LogP contribution < -0.4 is 10.6 Å². The van der Waals surface area contributed by atoms with E-state index in [1.807, 2.05) is 18.5 Å². The summed E-state index contributed by atoms with van der Waals surface area (Å²) in [6, 6.07) is 4.67. The van der Waals surface area contributed by atoms with Crippen LogP contribution in [0.5, 0.6) is 0 Å². The molecule has 2 heterocycles. The Labute approximate surface area is 190 Å². The van der Waals surface area contributed by atoms with Crippen LogP contribution in [0.3, 0.4) is 0 Å². The first-order chi connectivity index (χ1) is 13.1. The molecule has 2 N–H and O–H groups in total. The smallest absolute Gasteiger partial charge is 0.191 e. The Hall–Kier alpha value is -1.16. The molecule has 8 heteroatoms. The summed E-state index contributed by atoms with van der Waals surface area (Å²) in [6.45, 7) is 7.82. The van der Waals surface area contributed by atoms with Gasteiger partial charge in [-0.05, 0) is 38.1 Å². The Morgan fingerprint density at radius 2 is 2.11 bits per heavy atom. The zero-order chi connectivity index (χ0) is 19.5. The fraction of sp³-hybridized carbons (Fsp3) is 0.650. The minimum atomic E-state index is 0. The topological polar surface area (TPSA) is 67.1 Å². The number of guanidine groups is 1. The summed E-state index contributed by atoms with van der Waals surface area (Å²) in [5.41, 5.74) is 0. The van der Waals surface area contributed by atoms with Crippen LogP contribution in [0.1, 0.15) is 62.5 Å². The Bertz CT molecular complexity index is 683. The molecule has 0 spiro atoms. The third kappa shape index (κ3) is 8.89. The van der Waals surface area contributed by atoms with E-state index in [1.165, 1.54) is 30.6 Å². The molecule has 1 atom stereocenters. The summed E-state index contributed by atoms with van der Waals surface area (Å²) in [4.78, 5) is 6.13. The summed E-state index contributed by atoms with van der Waals surface area (Å²) >= 11 is 1.80. The van der Waals surface area contributed by atoms with Crippen LogP contribution in [0.25, 0.3) is 0 Å². The van der Waals surface area contributed by atoms with Crippen molar-refractivity contribution in [1.29, 1.82) is 0 Å². The fourth-order valence-corrected chi connectivity index (χ4v) is 3.54. The van der Waals surface area contributed by atoms with E-state index in [1.54, 1.807) is 11.3 Å². The number of aryl methyl sites for hydroxylation is 1. The first kappa shape index (κ1) is 24.9. The molecule has 0 aliphatic rings. The SMILES string of the molecule is CCCCCCC(C)NC(=NCc1nnc(C)n1C)NCCc1cccs1.I. The molecular formula is C20H35IN6S. The van der Waals surface area contributed by atoms with Crippen molar-refractivity contribution >= 4 is 41.3 Å². The number of aliphatic imine (C=N–C) groups is 1. The third-order valence-corrected chi connectivity index (χ3v) is 5.62. The maximum absolute atomic E-state index is 4.75. The average molecular weight is 519 g/mol. The number of unbranched alkanes of at least 4 members (excludes halogenated alkanes) is 3. The molecule has 0 aliphatic heterocycles. The maximum atomic E-state index is 4.75. The van der Waals surface area contributed by atoms with E-state index in [0.29, 0.717) is 12.6 Å². The van der Waals surface area contributed by atoms with Gasteiger partial charge in [-0.2, -0.15) is 0 Å². The molecule has 6 nitrogen and oxygen atoms in total. The molecule has 0 amide bonds. The zero-order valence-electron chi connectivity index (χ0n) is 17.6. The molecule has 0 saturated carbocycles. The number of nitrogens with one attached hydrogen (secondary N) is 2. The number of halogens is 1. The lowest BCUT2D eigenvalue weighted by Gasteiger charge is -2.18. The van der Waals surface area contributed by atoms with Crippen LogP contribution in [0, 0.1) is 6.92 Å². The van der Waals surface area contributed by atoms with E-state index in [2.05, 4.69) is 52.2 Å². The van der Waals surface area contributed by atoms with Crippen molar-refractivity contribution in [3.05, 3.63) is 34.0 Å². The van der Waals surface area contributed by atoms with Gasteiger partial charge in [0, 0.05) is 24.5 Å². The lowest BCUT2D eigenvalue weighted by molar-refractivity contribution is 0.536. The number of rotatable bonds is 11. The third-order valence-electron chi connectivity index (χ3n) is 4.68. The molecule has 2 aromatic heterocycles. The van der Waals surface area contributed by atoms with E-state index in [0.717, 1.165) is 37.0 Å². The Balaban J connectivity index is 0.00000392. The van der Waals surface area contributed by atoms with Crippen LogP contribution in [0.15, 0.2) is 22.5 Å².